The second-order valence-electron chi connectivity index (χ2n) is 5.74. The van der Waals surface area contributed by atoms with Crippen molar-refractivity contribution in [1.29, 1.82) is 0 Å². The molecule has 150 valence electrons. The van der Waals surface area contributed by atoms with Gasteiger partial charge in [0.25, 0.3) is 0 Å². The first-order valence-corrected chi connectivity index (χ1v) is 10.8. The summed E-state index contributed by atoms with van der Waals surface area (Å²) in [5, 5.41) is 12.7. The number of halogens is 1. The van der Waals surface area contributed by atoms with Gasteiger partial charge in [0.2, 0.25) is 10.0 Å². The Morgan fingerprint density at radius 3 is 2.48 bits per heavy atom. The number of nitrogens with one attached hydrogen (secondary N) is 2. The SMILES string of the molecule is CCNC(=NCCc1ncc(C)s1)NCCc1ccc(S(N)(=O)=O)cc1.I. The second-order valence-corrected chi connectivity index (χ2v) is 8.62. The van der Waals surface area contributed by atoms with Crippen molar-refractivity contribution in [2.75, 3.05) is 19.6 Å². The van der Waals surface area contributed by atoms with Crippen molar-refractivity contribution in [2.45, 2.75) is 31.6 Å². The molecule has 7 nitrogen and oxygen atoms in total. The molecule has 0 aliphatic carbocycles. The number of aromatic nitrogens is 1. The van der Waals surface area contributed by atoms with Crippen LogP contribution in [0.3, 0.4) is 0 Å². The van der Waals surface area contributed by atoms with E-state index in [1.165, 1.54) is 17.0 Å². The number of aryl methyl sites for hydroxylation is 1. The molecule has 0 aliphatic rings. The van der Waals surface area contributed by atoms with E-state index in [1.54, 1.807) is 23.5 Å². The molecule has 0 aliphatic heterocycles. The summed E-state index contributed by atoms with van der Waals surface area (Å²) in [6, 6.07) is 6.60. The zero-order valence-electron chi connectivity index (χ0n) is 15.4. The molecule has 27 heavy (non-hydrogen) atoms. The molecule has 0 fully saturated rings. The third-order valence-electron chi connectivity index (χ3n) is 3.57. The molecular formula is C17H26IN5O2S2. The number of nitrogens with zero attached hydrogens (tertiary/aromatic N) is 2. The molecule has 10 heteroatoms. The first-order chi connectivity index (χ1) is 12.4. The van der Waals surface area contributed by atoms with Crippen LogP contribution < -0.4 is 15.8 Å². The lowest BCUT2D eigenvalue weighted by molar-refractivity contribution is 0.598. The number of thiazole rings is 1. The maximum Gasteiger partial charge on any atom is 0.238 e. The van der Waals surface area contributed by atoms with Gasteiger partial charge in [0.05, 0.1) is 9.90 Å². The molecule has 0 bridgehead atoms. The lowest BCUT2D eigenvalue weighted by Crippen LogP contribution is -2.38. The number of nitrogens with two attached hydrogens (primary N) is 1. The fourth-order valence-corrected chi connectivity index (χ4v) is 3.58. The van der Waals surface area contributed by atoms with Gasteiger partial charge in [0.1, 0.15) is 0 Å². The summed E-state index contributed by atoms with van der Waals surface area (Å²) in [7, 11) is -3.64. The molecule has 4 N–H and O–H groups in total. The largest absolute Gasteiger partial charge is 0.357 e. The van der Waals surface area contributed by atoms with Gasteiger partial charge in [0.15, 0.2) is 5.96 Å². The van der Waals surface area contributed by atoms with Gasteiger partial charge in [-0.15, -0.1) is 35.3 Å². The van der Waals surface area contributed by atoms with Crippen molar-refractivity contribution in [1.82, 2.24) is 15.6 Å². The highest BCUT2D eigenvalue weighted by atomic mass is 127. The number of rotatable bonds is 8. The van der Waals surface area contributed by atoms with E-state index in [9.17, 15) is 8.42 Å². The normalized spacial score (nSPS) is 11.7. The first kappa shape index (κ1) is 23.8. The van der Waals surface area contributed by atoms with Crippen molar-refractivity contribution in [3.05, 3.63) is 45.9 Å². The van der Waals surface area contributed by atoms with Crippen molar-refractivity contribution < 1.29 is 8.42 Å². The highest BCUT2D eigenvalue weighted by Crippen LogP contribution is 2.11. The van der Waals surface area contributed by atoms with Crippen LogP contribution in [-0.2, 0) is 22.9 Å². The molecule has 1 aromatic heterocycles. The molecule has 0 saturated heterocycles. The number of hydrogen-bond donors (Lipinski definition) is 3. The minimum Gasteiger partial charge on any atom is -0.357 e. The van der Waals surface area contributed by atoms with Gasteiger partial charge in [-0.25, -0.2) is 18.5 Å². The lowest BCUT2D eigenvalue weighted by Gasteiger charge is -2.11. The maximum absolute atomic E-state index is 11.3. The second kappa shape index (κ2) is 11.6. The first-order valence-electron chi connectivity index (χ1n) is 8.43. The topological polar surface area (TPSA) is 109 Å². The van der Waals surface area contributed by atoms with Gasteiger partial charge in [0, 0.05) is 37.1 Å². The Morgan fingerprint density at radius 1 is 1.22 bits per heavy atom. The van der Waals surface area contributed by atoms with Crippen molar-refractivity contribution in [3.63, 3.8) is 0 Å². The Hall–Kier alpha value is -1.24. The number of aliphatic imine (C=N–C) groups is 1. The van der Waals surface area contributed by atoms with Crippen molar-refractivity contribution >= 4 is 51.3 Å². The molecule has 0 amide bonds. The van der Waals surface area contributed by atoms with Gasteiger partial charge in [-0.3, -0.25) is 4.99 Å². The number of benzene rings is 1. The highest BCUT2D eigenvalue weighted by molar-refractivity contribution is 14.0. The van der Waals surface area contributed by atoms with E-state index in [2.05, 4.69) is 20.6 Å². The van der Waals surface area contributed by atoms with E-state index in [4.69, 9.17) is 5.14 Å². The number of sulfonamides is 1. The van der Waals surface area contributed by atoms with Crippen molar-refractivity contribution in [3.8, 4) is 0 Å². The van der Waals surface area contributed by atoms with Gasteiger partial charge in [-0.2, -0.15) is 0 Å². The van der Waals surface area contributed by atoms with Gasteiger partial charge < -0.3 is 10.6 Å². The summed E-state index contributed by atoms with van der Waals surface area (Å²) in [5.74, 6) is 0.766. The average Bonchev–Trinajstić information content (AvgIpc) is 3.00. The molecule has 0 radical (unpaired) electrons. The Balaban J connectivity index is 0.00000364. The van der Waals surface area contributed by atoms with E-state index >= 15 is 0 Å². The van der Waals surface area contributed by atoms with Crippen LogP contribution in [-0.4, -0.2) is 39.0 Å². The molecule has 1 aromatic carbocycles. The van der Waals surface area contributed by atoms with E-state index in [1.807, 2.05) is 20.0 Å². The fraction of sp³-hybridized carbons (Fsp3) is 0.412. The Morgan fingerprint density at radius 2 is 1.93 bits per heavy atom. The molecule has 0 unspecified atom stereocenters. The lowest BCUT2D eigenvalue weighted by atomic mass is 10.1. The van der Waals surface area contributed by atoms with Gasteiger partial charge in [-0.1, -0.05) is 12.1 Å². The van der Waals surface area contributed by atoms with E-state index in [0.717, 1.165) is 35.9 Å². The summed E-state index contributed by atoms with van der Waals surface area (Å²) < 4.78 is 22.5. The minimum absolute atomic E-state index is 0. The molecule has 0 saturated carbocycles. The summed E-state index contributed by atoms with van der Waals surface area (Å²) in [6.45, 7) is 6.21. The summed E-state index contributed by atoms with van der Waals surface area (Å²) in [6.07, 6.45) is 3.46. The predicted molar refractivity (Wildman–Crippen MR) is 121 cm³/mol. The highest BCUT2D eigenvalue weighted by Gasteiger charge is 2.06. The Bertz CT molecular complexity index is 835. The molecular weight excluding hydrogens is 497 g/mol. The van der Waals surface area contributed by atoms with Gasteiger partial charge >= 0.3 is 0 Å². The van der Waals surface area contributed by atoms with Crippen LogP contribution in [0, 0.1) is 6.92 Å². The summed E-state index contributed by atoms with van der Waals surface area (Å²) in [4.78, 5) is 10.2. The van der Waals surface area contributed by atoms with Crippen LogP contribution in [0.4, 0.5) is 0 Å². The third kappa shape index (κ3) is 8.54. The fourth-order valence-electron chi connectivity index (χ4n) is 2.29. The molecule has 2 aromatic rings. The van der Waals surface area contributed by atoms with E-state index < -0.39 is 10.0 Å². The Labute approximate surface area is 182 Å². The standard InChI is InChI=1S/C17H25N5O2S2.HI/c1-3-19-17(21-11-9-16-22-12-13(2)25-16)20-10-8-14-4-6-15(7-5-14)26(18,23)24;/h4-7,12H,3,8-11H2,1-2H3,(H2,18,23,24)(H2,19,20,21);1H. The quantitative estimate of drug-likeness (QED) is 0.279. The zero-order valence-corrected chi connectivity index (χ0v) is 19.4. The molecule has 0 atom stereocenters. The number of hydrogen-bond acceptors (Lipinski definition) is 5. The molecule has 0 spiro atoms. The zero-order chi connectivity index (χ0) is 19.0. The summed E-state index contributed by atoms with van der Waals surface area (Å²) >= 11 is 1.70. The summed E-state index contributed by atoms with van der Waals surface area (Å²) in [5.41, 5.74) is 1.03. The van der Waals surface area contributed by atoms with E-state index in [0.29, 0.717) is 13.1 Å². The maximum atomic E-state index is 11.3. The average molecular weight is 523 g/mol. The number of primary sulfonamides is 1. The minimum atomic E-state index is -3.64. The molecule has 1 heterocycles. The van der Waals surface area contributed by atoms with E-state index in [-0.39, 0.29) is 28.9 Å². The Kier molecular flexibility index (Phi) is 10.2. The number of guanidine groups is 1. The van der Waals surface area contributed by atoms with Crippen molar-refractivity contribution in [2.24, 2.45) is 10.1 Å². The third-order valence-corrected chi connectivity index (χ3v) is 5.47. The van der Waals surface area contributed by atoms with Gasteiger partial charge in [-0.05, 0) is 38.0 Å². The van der Waals surface area contributed by atoms with Crippen LogP contribution in [0.2, 0.25) is 0 Å². The van der Waals surface area contributed by atoms with Crippen LogP contribution in [0.25, 0.3) is 0 Å². The van der Waals surface area contributed by atoms with Crippen LogP contribution in [0.5, 0.6) is 0 Å². The van der Waals surface area contributed by atoms with Crippen LogP contribution in [0.15, 0.2) is 40.4 Å². The van der Waals surface area contributed by atoms with Crippen LogP contribution >= 0.6 is 35.3 Å². The monoisotopic (exact) mass is 523 g/mol. The smallest absolute Gasteiger partial charge is 0.238 e. The molecule has 2 rings (SSSR count). The van der Waals surface area contributed by atoms with Crippen LogP contribution in [0.1, 0.15) is 22.4 Å². The predicted octanol–water partition coefficient (Wildman–Crippen LogP) is 2.06.